The van der Waals surface area contributed by atoms with Gasteiger partial charge in [-0.25, -0.2) is 0 Å². The first kappa shape index (κ1) is 23.1. The molecule has 0 saturated heterocycles. The van der Waals surface area contributed by atoms with Gasteiger partial charge >= 0.3 is 0 Å². The lowest BCUT2D eigenvalue weighted by Crippen LogP contribution is -2.46. The van der Waals surface area contributed by atoms with Gasteiger partial charge in [-0.15, -0.1) is 6.58 Å². The van der Waals surface area contributed by atoms with Gasteiger partial charge in [-0.2, -0.15) is 0 Å². The van der Waals surface area contributed by atoms with Crippen molar-refractivity contribution in [3.05, 3.63) is 36.5 Å². The molecule has 0 bridgehead atoms. The van der Waals surface area contributed by atoms with Crippen LogP contribution in [-0.2, 0) is 0 Å². The van der Waals surface area contributed by atoms with Crippen molar-refractivity contribution in [2.75, 3.05) is 0 Å². The summed E-state index contributed by atoms with van der Waals surface area (Å²) in [6, 6.07) is 0.154. The summed E-state index contributed by atoms with van der Waals surface area (Å²) in [7, 11) is 0. The smallest absolute Gasteiger partial charge is 0.113 e. The Balaban J connectivity index is 4.45. The molecule has 1 unspecified atom stereocenters. The highest BCUT2D eigenvalue weighted by molar-refractivity contribution is 5.07. The third-order valence-corrected chi connectivity index (χ3v) is 4.68. The second kappa shape index (κ2) is 11.7. The highest BCUT2D eigenvalue weighted by Crippen LogP contribution is 2.25. The Morgan fingerprint density at radius 1 is 1.25 bits per heavy atom. The molecule has 0 radical (unpaired) electrons. The monoisotopic (exact) mass is 335 g/mol. The van der Waals surface area contributed by atoms with Crippen LogP contribution < -0.4 is 5.32 Å². The number of rotatable bonds is 12. The van der Waals surface area contributed by atoms with Crippen LogP contribution in [0.4, 0.5) is 0 Å². The first-order valence-electron chi connectivity index (χ1n) is 9.58. The molecular weight excluding hydrogens is 294 g/mol. The lowest BCUT2D eigenvalue weighted by atomic mass is 9.85. The minimum atomic E-state index is -0.842. The predicted molar refractivity (Wildman–Crippen MR) is 108 cm³/mol. The highest BCUT2D eigenvalue weighted by Gasteiger charge is 2.20. The number of aliphatic hydroxyl groups is 1. The molecule has 0 aliphatic carbocycles. The summed E-state index contributed by atoms with van der Waals surface area (Å²) in [6.45, 7) is 19.1. The van der Waals surface area contributed by atoms with Gasteiger partial charge in [0, 0.05) is 6.04 Å². The topological polar surface area (TPSA) is 32.3 Å². The molecule has 140 valence electrons. The Kier molecular flexibility index (Phi) is 11.2. The van der Waals surface area contributed by atoms with E-state index < -0.39 is 5.72 Å². The van der Waals surface area contributed by atoms with Crippen molar-refractivity contribution in [1.82, 2.24) is 5.32 Å². The van der Waals surface area contributed by atoms with Gasteiger partial charge in [0.1, 0.15) is 5.72 Å². The van der Waals surface area contributed by atoms with E-state index in [4.69, 9.17) is 0 Å². The molecule has 0 aromatic heterocycles. The summed E-state index contributed by atoms with van der Waals surface area (Å²) < 4.78 is 0. The van der Waals surface area contributed by atoms with Crippen molar-refractivity contribution >= 4 is 0 Å². The van der Waals surface area contributed by atoms with Crippen LogP contribution in [-0.4, -0.2) is 16.9 Å². The summed E-state index contributed by atoms with van der Waals surface area (Å²) >= 11 is 0. The molecule has 0 aromatic rings. The first-order chi connectivity index (χ1) is 11.1. The second-order valence-electron chi connectivity index (χ2n) is 7.84. The van der Waals surface area contributed by atoms with Crippen molar-refractivity contribution in [3.63, 3.8) is 0 Å². The predicted octanol–water partition coefficient (Wildman–Crippen LogP) is 5.85. The summed E-state index contributed by atoms with van der Waals surface area (Å²) in [5.74, 6) is 1.94. The zero-order valence-corrected chi connectivity index (χ0v) is 17.1. The molecule has 0 saturated carbocycles. The summed E-state index contributed by atoms with van der Waals surface area (Å²) in [6.07, 6.45) is 12.4. The SMILES string of the molecule is C=CCC[C@](C)(O)NC(C)/C=C\C[C@@H](C)/C=C(/C)[C@@H](CC)C(C)C. The average molecular weight is 336 g/mol. The van der Waals surface area contributed by atoms with E-state index in [1.165, 1.54) is 12.0 Å². The maximum atomic E-state index is 10.3. The minimum Gasteiger partial charge on any atom is -0.376 e. The molecule has 24 heavy (non-hydrogen) atoms. The Bertz CT molecular complexity index is 406. The van der Waals surface area contributed by atoms with Gasteiger partial charge in [0.2, 0.25) is 0 Å². The van der Waals surface area contributed by atoms with Crippen molar-refractivity contribution in [3.8, 4) is 0 Å². The van der Waals surface area contributed by atoms with Crippen LogP contribution in [0.25, 0.3) is 0 Å². The molecule has 0 aliphatic rings. The number of nitrogens with one attached hydrogen (secondary N) is 1. The number of hydrogen-bond acceptors (Lipinski definition) is 2. The van der Waals surface area contributed by atoms with Crippen LogP contribution in [0.3, 0.4) is 0 Å². The van der Waals surface area contributed by atoms with Crippen molar-refractivity contribution in [2.45, 2.75) is 85.9 Å². The van der Waals surface area contributed by atoms with Crippen LogP contribution in [0.5, 0.6) is 0 Å². The molecule has 0 spiro atoms. The van der Waals surface area contributed by atoms with E-state index in [2.05, 4.69) is 71.7 Å². The van der Waals surface area contributed by atoms with Gasteiger partial charge in [0.15, 0.2) is 0 Å². The molecule has 0 aromatic carbocycles. The second-order valence-corrected chi connectivity index (χ2v) is 7.84. The van der Waals surface area contributed by atoms with E-state index >= 15 is 0 Å². The lowest BCUT2D eigenvalue weighted by molar-refractivity contribution is 0.0116. The van der Waals surface area contributed by atoms with E-state index in [0.717, 1.165) is 12.8 Å². The molecule has 0 heterocycles. The lowest BCUT2D eigenvalue weighted by Gasteiger charge is -2.27. The molecule has 2 nitrogen and oxygen atoms in total. The Morgan fingerprint density at radius 3 is 2.38 bits per heavy atom. The first-order valence-corrected chi connectivity index (χ1v) is 9.58. The molecule has 0 amide bonds. The van der Waals surface area contributed by atoms with Crippen LogP contribution in [0.2, 0.25) is 0 Å². The molecule has 2 heteroatoms. The van der Waals surface area contributed by atoms with E-state index in [9.17, 15) is 5.11 Å². The summed E-state index contributed by atoms with van der Waals surface area (Å²) in [5, 5.41) is 13.5. The van der Waals surface area contributed by atoms with Gasteiger partial charge < -0.3 is 5.11 Å². The van der Waals surface area contributed by atoms with E-state index in [1.54, 1.807) is 0 Å². The fourth-order valence-corrected chi connectivity index (χ4v) is 3.45. The van der Waals surface area contributed by atoms with E-state index in [1.807, 2.05) is 13.0 Å². The minimum absolute atomic E-state index is 0.154. The van der Waals surface area contributed by atoms with E-state index in [0.29, 0.717) is 24.2 Å². The Morgan fingerprint density at radius 2 is 1.88 bits per heavy atom. The number of allylic oxidation sites excluding steroid dienone is 4. The van der Waals surface area contributed by atoms with Gasteiger partial charge in [0.25, 0.3) is 0 Å². The van der Waals surface area contributed by atoms with Crippen molar-refractivity contribution < 1.29 is 5.11 Å². The third-order valence-electron chi connectivity index (χ3n) is 4.68. The Labute approximate surface area is 151 Å². The molecule has 0 fully saturated rings. The maximum absolute atomic E-state index is 10.3. The zero-order chi connectivity index (χ0) is 18.8. The van der Waals surface area contributed by atoms with Crippen molar-refractivity contribution in [1.29, 1.82) is 0 Å². The normalized spacial score (nSPS) is 19.3. The fourth-order valence-electron chi connectivity index (χ4n) is 3.45. The fraction of sp³-hybridized carbons (Fsp3) is 0.727. The number of hydrogen-bond donors (Lipinski definition) is 2. The van der Waals surface area contributed by atoms with Crippen molar-refractivity contribution in [2.24, 2.45) is 17.8 Å². The van der Waals surface area contributed by atoms with Gasteiger partial charge in [-0.1, -0.05) is 57.6 Å². The van der Waals surface area contributed by atoms with Crippen LogP contribution in [0, 0.1) is 17.8 Å². The van der Waals surface area contributed by atoms with Crippen LogP contribution >= 0.6 is 0 Å². The Hall–Kier alpha value is -0.860. The van der Waals surface area contributed by atoms with Crippen LogP contribution in [0.1, 0.15) is 74.1 Å². The highest BCUT2D eigenvalue weighted by atomic mass is 16.3. The molecule has 4 atom stereocenters. The molecule has 0 aliphatic heterocycles. The van der Waals surface area contributed by atoms with Gasteiger partial charge in [0.05, 0.1) is 0 Å². The molecular formula is C22H41NO. The van der Waals surface area contributed by atoms with Gasteiger partial charge in [-0.3, -0.25) is 5.32 Å². The van der Waals surface area contributed by atoms with Gasteiger partial charge in [-0.05, 0) is 64.2 Å². The standard InChI is InChI=1S/C22H41NO/c1-9-11-15-22(8,24)23-20(7)14-12-13-18(5)16-19(6)21(10-2)17(3)4/h9,12,14,16-18,20-21,23-24H,1,10-11,13,15H2,2-8H3/b14-12-,19-16-/t18-,20?,21+,22+/m1/s1. The van der Waals surface area contributed by atoms with Crippen LogP contribution in [0.15, 0.2) is 36.5 Å². The molecule has 0 rings (SSSR count). The largest absolute Gasteiger partial charge is 0.376 e. The van der Waals surface area contributed by atoms with E-state index in [-0.39, 0.29) is 6.04 Å². The maximum Gasteiger partial charge on any atom is 0.113 e. The quantitative estimate of drug-likeness (QED) is 0.346. The average Bonchev–Trinajstić information content (AvgIpc) is 2.44. The summed E-state index contributed by atoms with van der Waals surface area (Å²) in [4.78, 5) is 0. The zero-order valence-electron chi connectivity index (χ0n) is 17.1. The third kappa shape index (κ3) is 10.1. The molecule has 2 N–H and O–H groups in total. The summed E-state index contributed by atoms with van der Waals surface area (Å²) in [5.41, 5.74) is 0.679.